The van der Waals surface area contributed by atoms with Crippen molar-refractivity contribution in [2.75, 3.05) is 13.6 Å². The summed E-state index contributed by atoms with van der Waals surface area (Å²) in [5.41, 5.74) is 3.99. The van der Waals surface area contributed by atoms with Gasteiger partial charge in [0, 0.05) is 24.5 Å². The maximum atomic E-state index is 12.5. The Balaban J connectivity index is 1.82. The van der Waals surface area contributed by atoms with Gasteiger partial charge in [0.25, 0.3) is 5.91 Å². The van der Waals surface area contributed by atoms with Gasteiger partial charge in [0.2, 0.25) is 0 Å². The molecule has 1 saturated carbocycles. The lowest BCUT2D eigenvalue weighted by Gasteiger charge is -2.20. The van der Waals surface area contributed by atoms with Crippen LogP contribution in [0, 0.1) is 19.8 Å². The SMILES string of the molecule is Cc1ccc2[nH]c(C(=O)N(C)CC(O)C3CC3)cc2c1C. The summed E-state index contributed by atoms with van der Waals surface area (Å²) < 4.78 is 0. The molecule has 1 fully saturated rings. The molecule has 4 heteroatoms. The van der Waals surface area contributed by atoms with Crippen LogP contribution in [0.25, 0.3) is 10.9 Å². The molecule has 0 aliphatic heterocycles. The molecule has 0 bridgehead atoms. The first-order chi connectivity index (χ1) is 9.97. The minimum absolute atomic E-state index is 0.0667. The van der Waals surface area contributed by atoms with E-state index in [0.29, 0.717) is 18.2 Å². The van der Waals surface area contributed by atoms with E-state index in [2.05, 4.69) is 24.9 Å². The first kappa shape index (κ1) is 14.1. The van der Waals surface area contributed by atoms with Crippen molar-refractivity contribution >= 4 is 16.8 Å². The quantitative estimate of drug-likeness (QED) is 0.907. The van der Waals surface area contributed by atoms with E-state index in [-0.39, 0.29) is 5.91 Å². The molecule has 4 nitrogen and oxygen atoms in total. The highest BCUT2D eigenvalue weighted by molar-refractivity contribution is 5.99. The topological polar surface area (TPSA) is 56.3 Å². The second kappa shape index (κ2) is 5.19. The Hall–Kier alpha value is -1.81. The van der Waals surface area contributed by atoms with Gasteiger partial charge >= 0.3 is 0 Å². The number of benzene rings is 1. The first-order valence-electron chi connectivity index (χ1n) is 7.50. The molecule has 1 unspecified atom stereocenters. The summed E-state index contributed by atoms with van der Waals surface area (Å²) in [5.74, 6) is 0.316. The van der Waals surface area contributed by atoms with Gasteiger partial charge in [-0.25, -0.2) is 0 Å². The number of nitrogens with one attached hydrogen (secondary N) is 1. The summed E-state index contributed by atoms with van der Waals surface area (Å²) in [6, 6.07) is 5.98. The second-order valence-electron chi connectivity index (χ2n) is 6.24. The van der Waals surface area contributed by atoms with E-state index in [0.717, 1.165) is 23.7 Å². The number of carbonyl (C=O) groups excluding carboxylic acids is 1. The molecule has 1 amide bonds. The van der Waals surface area contributed by atoms with Crippen LogP contribution in [-0.4, -0.2) is 40.6 Å². The Labute approximate surface area is 124 Å². The minimum Gasteiger partial charge on any atom is -0.391 e. The smallest absolute Gasteiger partial charge is 0.270 e. The van der Waals surface area contributed by atoms with Crippen molar-refractivity contribution in [1.29, 1.82) is 0 Å². The summed E-state index contributed by atoms with van der Waals surface area (Å²) in [5, 5.41) is 11.1. The zero-order chi connectivity index (χ0) is 15.1. The standard InChI is InChI=1S/C17H22N2O2/c1-10-4-7-14-13(11(10)2)8-15(18-14)17(21)19(3)9-16(20)12-5-6-12/h4,7-8,12,16,18,20H,5-6,9H2,1-3H3. The molecule has 112 valence electrons. The van der Waals surface area contributed by atoms with Crippen molar-refractivity contribution in [3.05, 3.63) is 35.0 Å². The lowest BCUT2D eigenvalue weighted by Crippen LogP contribution is -2.35. The van der Waals surface area contributed by atoms with Gasteiger partial charge in [-0.1, -0.05) is 6.07 Å². The average Bonchev–Trinajstić information content (AvgIpc) is 3.22. The number of H-pyrrole nitrogens is 1. The van der Waals surface area contributed by atoms with Crippen LogP contribution >= 0.6 is 0 Å². The Morgan fingerprint density at radius 2 is 2.14 bits per heavy atom. The highest BCUT2D eigenvalue weighted by Gasteiger charge is 2.31. The van der Waals surface area contributed by atoms with E-state index in [9.17, 15) is 9.90 Å². The number of rotatable bonds is 4. The molecule has 0 radical (unpaired) electrons. The van der Waals surface area contributed by atoms with E-state index in [4.69, 9.17) is 0 Å². The zero-order valence-electron chi connectivity index (χ0n) is 12.8. The molecule has 1 aliphatic carbocycles. The van der Waals surface area contributed by atoms with Crippen LogP contribution in [0.1, 0.15) is 34.5 Å². The molecule has 1 atom stereocenters. The van der Waals surface area contributed by atoms with Crippen LogP contribution in [-0.2, 0) is 0 Å². The molecule has 0 saturated heterocycles. The molecular weight excluding hydrogens is 264 g/mol. The predicted octanol–water partition coefficient (Wildman–Crippen LogP) is 2.63. The second-order valence-corrected chi connectivity index (χ2v) is 6.24. The van der Waals surface area contributed by atoms with Crippen LogP contribution in [0.2, 0.25) is 0 Å². The van der Waals surface area contributed by atoms with Crippen LogP contribution < -0.4 is 0 Å². The molecule has 21 heavy (non-hydrogen) atoms. The largest absolute Gasteiger partial charge is 0.391 e. The third kappa shape index (κ3) is 2.68. The third-order valence-corrected chi connectivity index (χ3v) is 4.55. The van der Waals surface area contributed by atoms with E-state index in [1.807, 2.05) is 12.1 Å². The highest BCUT2D eigenvalue weighted by Crippen LogP contribution is 2.33. The molecule has 2 N–H and O–H groups in total. The molecule has 1 heterocycles. The fourth-order valence-electron chi connectivity index (χ4n) is 2.77. The number of fused-ring (bicyclic) bond motifs is 1. The number of aromatic nitrogens is 1. The summed E-state index contributed by atoms with van der Waals surface area (Å²) in [7, 11) is 1.75. The van der Waals surface area contributed by atoms with Crippen molar-refractivity contribution in [3.63, 3.8) is 0 Å². The number of aromatic amines is 1. The summed E-state index contributed by atoms with van der Waals surface area (Å²) in [6.07, 6.45) is 1.76. The van der Waals surface area contributed by atoms with E-state index in [1.54, 1.807) is 11.9 Å². The summed E-state index contributed by atoms with van der Waals surface area (Å²) in [6.45, 7) is 4.54. The molecule has 1 aromatic carbocycles. The Morgan fingerprint density at radius 1 is 1.43 bits per heavy atom. The van der Waals surface area contributed by atoms with Crippen molar-refractivity contribution < 1.29 is 9.90 Å². The number of likely N-dealkylation sites (N-methyl/N-ethyl adjacent to an activating group) is 1. The number of aryl methyl sites for hydroxylation is 2. The number of hydrogen-bond donors (Lipinski definition) is 2. The number of carbonyl (C=O) groups is 1. The normalized spacial score (nSPS) is 16.2. The molecule has 1 aliphatic rings. The zero-order valence-corrected chi connectivity index (χ0v) is 12.8. The number of aliphatic hydroxyl groups is 1. The maximum Gasteiger partial charge on any atom is 0.270 e. The Kier molecular flexibility index (Phi) is 3.49. The molecule has 0 spiro atoms. The predicted molar refractivity (Wildman–Crippen MR) is 83.5 cm³/mol. The van der Waals surface area contributed by atoms with Crippen LogP contribution in [0.4, 0.5) is 0 Å². The van der Waals surface area contributed by atoms with Gasteiger partial charge in [-0.15, -0.1) is 0 Å². The van der Waals surface area contributed by atoms with Gasteiger partial charge in [0.1, 0.15) is 5.69 Å². The summed E-state index contributed by atoms with van der Waals surface area (Å²) >= 11 is 0. The fourth-order valence-corrected chi connectivity index (χ4v) is 2.77. The van der Waals surface area contributed by atoms with Crippen LogP contribution in [0.3, 0.4) is 0 Å². The number of nitrogens with zero attached hydrogens (tertiary/aromatic N) is 1. The highest BCUT2D eigenvalue weighted by atomic mass is 16.3. The monoisotopic (exact) mass is 286 g/mol. The van der Waals surface area contributed by atoms with Crippen molar-refractivity contribution in [3.8, 4) is 0 Å². The van der Waals surface area contributed by atoms with E-state index in [1.165, 1.54) is 11.1 Å². The fraction of sp³-hybridized carbons (Fsp3) is 0.471. The van der Waals surface area contributed by atoms with Gasteiger partial charge in [0.15, 0.2) is 0 Å². The summed E-state index contributed by atoms with van der Waals surface area (Å²) in [4.78, 5) is 17.3. The lowest BCUT2D eigenvalue weighted by molar-refractivity contribution is 0.0641. The maximum absolute atomic E-state index is 12.5. The van der Waals surface area contributed by atoms with Crippen LogP contribution in [0.15, 0.2) is 18.2 Å². The lowest BCUT2D eigenvalue weighted by atomic mass is 10.1. The van der Waals surface area contributed by atoms with E-state index >= 15 is 0 Å². The van der Waals surface area contributed by atoms with Crippen molar-refractivity contribution in [1.82, 2.24) is 9.88 Å². The number of aliphatic hydroxyl groups excluding tert-OH is 1. The average molecular weight is 286 g/mol. The Bertz CT molecular complexity index is 685. The van der Waals surface area contributed by atoms with E-state index < -0.39 is 6.10 Å². The molecule has 2 aromatic rings. The third-order valence-electron chi connectivity index (χ3n) is 4.55. The van der Waals surface area contributed by atoms with Crippen LogP contribution in [0.5, 0.6) is 0 Å². The molecule has 1 aromatic heterocycles. The minimum atomic E-state index is -0.396. The Morgan fingerprint density at radius 3 is 2.81 bits per heavy atom. The number of amides is 1. The van der Waals surface area contributed by atoms with Crippen molar-refractivity contribution in [2.45, 2.75) is 32.8 Å². The molecular formula is C17H22N2O2. The molecule has 3 rings (SSSR count). The van der Waals surface area contributed by atoms with Crippen molar-refractivity contribution in [2.24, 2.45) is 5.92 Å². The van der Waals surface area contributed by atoms with Gasteiger partial charge < -0.3 is 15.0 Å². The van der Waals surface area contributed by atoms with Gasteiger partial charge in [-0.05, 0) is 55.9 Å². The van der Waals surface area contributed by atoms with Gasteiger partial charge in [0.05, 0.1) is 6.10 Å². The first-order valence-corrected chi connectivity index (χ1v) is 7.50. The number of hydrogen-bond acceptors (Lipinski definition) is 2. The van der Waals surface area contributed by atoms with Gasteiger partial charge in [-0.3, -0.25) is 4.79 Å². The van der Waals surface area contributed by atoms with Gasteiger partial charge in [-0.2, -0.15) is 0 Å².